The number of nitrogens with zero attached hydrogens (tertiary/aromatic N) is 1. The molecule has 0 saturated carbocycles. The van der Waals surface area contributed by atoms with Crippen molar-refractivity contribution in [1.29, 1.82) is 0 Å². The number of anilines is 1. The molecular formula is C10H10N+. The first-order chi connectivity index (χ1) is 5.29. The van der Waals surface area contributed by atoms with Gasteiger partial charge in [-0.25, -0.2) is 0 Å². The molecule has 54 valence electrons. The molecule has 11 heavy (non-hydrogen) atoms. The van der Waals surface area contributed by atoms with Gasteiger partial charge in [0.2, 0.25) is 5.69 Å². The predicted molar refractivity (Wildman–Crippen MR) is 47.2 cm³/mol. The number of allylic oxidation sites excluding steroid dienone is 1. The van der Waals surface area contributed by atoms with Gasteiger partial charge in [0.15, 0.2) is 11.1 Å². The topological polar surface area (TPSA) is 3.24 Å². The van der Waals surface area contributed by atoms with E-state index in [4.69, 9.17) is 0 Å². The molecule has 1 aliphatic heterocycles. The molecular weight excluding hydrogens is 134 g/mol. The van der Waals surface area contributed by atoms with Gasteiger partial charge in [-0.3, -0.25) is 0 Å². The average Bonchev–Trinajstić information content (AvgIpc) is 2.30. The molecule has 1 aliphatic rings. The molecule has 0 radical (unpaired) electrons. The largest absolute Gasteiger partial charge is 0.200 e. The van der Waals surface area contributed by atoms with Crippen LogP contribution < -0.4 is 4.90 Å². The summed E-state index contributed by atoms with van der Waals surface area (Å²) in [5.74, 6) is 0. The van der Waals surface area contributed by atoms with Crippen molar-refractivity contribution in [1.82, 2.24) is 0 Å². The van der Waals surface area contributed by atoms with Gasteiger partial charge < -0.3 is 0 Å². The van der Waals surface area contributed by atoms with Crippen molar-refractivity contribution in [2.45, 2.75) is 6.92 Å². The zero-order valence-electron chi connectivity index (χ0n) is 6.76. The first-order valence-electron chi connectivity index (χ1n) is 3.72. The van der Waals surface area contributed by atoms with Crippen LogP contribution in [0.2, 0.25) is 0 Å². The van der Waals surface area contributed by atoms with Crippen molar-refractivity contribution in [2.75, 3.05) is 11.9 Å². The van der Waals surface area contributed by atoms with Gasteiger partial charge in [0, 0.05) is 19.2 Å². The predicted octanol–water partition coefficient (Wildman–Crippen LogP) is 2.30. The maximum atomic E-state index is 3.23. The molecule has 0 atom stereocenters. The van der Waals surface area contributed by atoms with Gasteiger partial charge in [-0.1, -0.05) is 0 Å². The first kappa shape index (κ1) is 6.38. The summed E-state index contributed by atoms with van der Waals surface area (Å²) >= 11 is 0. The Morgan fingerprint density at radius 2 is 2.00 bits per heavy atom. The molecule has 0 amide bonds. The Labute approximate surface area is 67.0 Å². The highest BCUT2D eigenvalue weighted by atomic mass is 15.1. The Balaban J connectivity index is 2.62. The zero-order valence-corrected chi connectivity index (χ0v) is 6.76. The smallest absolute Gasteiger partial charge is 0.187 e. The highest BCUT2D eigenvalue weighted by Crippen LogP contribution is 2.31. The average molecular weight is 144 g/mol. The van der Waals surface area contributed by atoms with Crippen molar-refractivity contribution >= 4 is 11.3 Å². The van der Waals surface area contributed by atoms with Crippen LogP contribution in [-0.2, 0) is 0 Å². The highest BCUT2D eigenvalue weighted by Gasteiger charge is 2.26. The Morgan fingerprint density at radius 3 is 2.73 bits per heavy atom. The van der Waals surface area contributed by atoms with Crippen LogP contribution in [-0.4, -0.2) is 7.05 Å². The van der Waals surface area contributed by atoms with Crippen LogP contribution in [0.25, 0.3) is 5.57 Å². The fourth-order valence-electron chi connectivity index (χ4n) is 1.46. The molecule has 1 nitrogen and oxygen atoms in total. The number of para-hydroxylation sites is 1. The molecule has 0 saturated heterocycles. The lowest BCUT2D eigenvalue weighted by Crippen LogP contribution is -2.04. The molecule has 0 spiro atoms. The number of hydrogen-bond acceptors (Lipinski definition) is 1. The number of fused-ring (bicyclic) bond motifs is 1. The summed E-state index contributed by atoms with van der Waals surface area (Å²) in [7, 11) is 2.02. The Hall–Kier alpha value is -1.33. The van der Waals surface area contributed by atoms with E-state index in [0.29, 0.717) is 0 Å². The summed E-state index contributed by atoms with van der Waals surface area (Å²) in [5, 5.41) is 0. The van der Waals surface area contributed by atoms with E-state index in [-0.39, 0.29) is 0 Å². The van der Waals surface area contributed by atoms with Crippen molar-refractivity contribution in [3.8, 4) is 0 Å². The van der Waals surface area contributed by atoms with Crippen LogP contribution in [0, 0.1) is 6.20 Å². The van der Waals surface area contributed by atoms with E-state index in [9.17, 15) is 0 Å². The van der Waals surface area contributed by atoms with E-state index in [0.717, 1.165) is 0 Å². The summed E-state index contributed by atoms with van der Waals surface area (Å²) < 4.78 is 0. The van der Waals surface area contributed by atoms with Crippen LogP contribution in [0.3, 0.4) is 0 Å². The Kier molecular flexibility index (Phi) is 1.21. The van der Waals surface area contributed by atoms with Gasteiger partial charge >= 0.3 is 0 Å². The minimum absolute atomic E-state index is 1.23. The third-order valence-corrected chi connectivity index (χ3v) is 2.00. The summed E-state index contributed by atoms with van der Waals surface area (Å²) in [6.45, 7) is 2.09. The van der Waals surface area contributed by atoms with E-state index in [1.54, 1.807) is 0 Å². The molecule has 0 aromatic heterocycles. The van der Waals surface area contributed by atoms with Gasteiger partial charge in [-0.15, -0.1) is 0 Å². The van der Waals surface area contributed by atoms with E-state index >= 15 is 0 Å². The van der Waals surface area contributed by atoms with Crippen LogP contribution in [0.5, 0.6) is 0 Å². The van der Waals surface area contributed by atoms with Gasteiger partial charge in [-0.2, -0.15) is 4.90 Å². The van der Waals surface area contributed by atoms with Gasteiger partial charge in [0.05, 0.1) is 0 Å². The molecule has 0 bridgehead atoms. The molecule has 1 aromatic carbocycles. The van der Waals surface area contributed by atoms with Gasteiger partial charge in [0.1, 0.15) is 6.20 Å². The number of rotatable bonds is 0. The molecule has 1 aromatic rings. The minimum atomic E-state index is 1.23. The van der Waals surface area contributed by atoms with Crippen molar-refractivity contribution < 1.29 is 0 Å². The standard InChI is InChI=1S/C10H10N/c1-8-7-11(2)10-6-4-3-5-9(8)10/h3-6H,1-2H3/q+1. The SMILES string of the molecule is CC1=[C+]N(C)c2ccccc21. The normalized spacial score (nSPS) is 14.0. The fourth-order valence-corrected chi connectivity index (χ4v) is 1.46. The van der Waals surface area contributed by atoms with Crippen LogP contribution >= 0.6 is 0 Å². The Morgan fingerprint density at radius 1 is 1.27 bits per heavy atom. The summed E-state index contributed by atoms with van der Waals surface area (Å²) in [6.07, 6.45) is 3.23. The molecule has 0 fully saturated rings. The lowest BCUT2D eigenvalue weighted by molar-refractivity contribution is 1.20. The number of hydrogen-bond donors (Lipinski definition) is 0. The third kappa shape index (κ3) is 0.821. The van der Waals surface area contributed by atoms with Crippen LogP contribution in [0.15, 0.2) is 24.3 Å². The molecule has 1 heteroatoms. The highest BCUT2D eigenvalue weighted by molar-refractivity contribution is 5.81. The molecule has 0 aliphatic carbocycles. The monoisotopic (exact) mass is 144 g/mol. The van der Waals surface area contributed by atoms with Crippen molar-refractivity contribution in [3.63, 3.8) is 0 Å². The molecule has 0 unspecified atom stereocenters. The fraction of sp³-hybridized carbons (Fsp3) is 0.200. The second kappa shape index (κ2) is 2.08. The third-order valence-electron chi connectivity index (χ3n) is 2.00. The van der Waals surface area contributed by atoms with E-state index in [2.05, 4.69) is 37.4 Å². The van der Waals surface area contributed by atoms with E-state index < -0.39 is 0 Å². The van der Waals surface area contributed by atoms with Gasteiger partial charge in [0.25, 0.3) is 0 Å². The van der Waals surface area contributed by atoms with Crippen LogP contribution in [0.4, 0.5) is 5.69 Å². The quantitative estimate of drug-likeness (QED) is 0.505. The summed E-state index contributed by atoms with van der Waals surface area (Å²) in [5.41, 5.74) is 3.78. The van der Waals surface area contributed by atoms with Gasteiger partial charge in [-0.05, 0) is 19.1 Å². The number of benzene rings is 1. The van der Waals surface area contributed by atoms with E-state index in [1.165, 1.54) is 16.8 Å². The van der Waals surface area contributed by atoms with Crippen LogP contribution in [0.1, 0.15) is 12.5 Å². The zero-order chi connectivity index (χ0) is 7.84. The first-order valence-corrected chi connectivity index (χ1v) is 3.72. The summed E-state index contributed by atoms with van der Waals surface area (Å²) in [6, 6.07) is 8.35. The molecule has 2 rings (SSSR count). The van der Waals surface area contributed by atoms with E-state index in [1.807, 2.05) is 11.9 Å². The maximum absolute atomic E-state index is 3.23. The second-order valence-corrected chi connectivity index (χ2v) is 2.81. The lowest BCUT2D eigenvalue weighted by atomic mass is 10.1. The maximum Gasteiger partial charge on any atom is 0.200 e. The Bertz CT molecular complexity index is 312. The lowest BCUT2D eigenvalue weighted by Gasteiger charge is -1.96. The second-order valence-electron chi connectivity index (χ2n) is 2.81. The van der Waals surface area contributed by atoms with Crippen molar-refractivity contribution in [3.05, 3.63) is 36.0 Å². The minimum Gasteiger partial charge on any atom is -0.187 e. The molecule has 0 N–H and O–H groups in total. The summed E-state index contributed by atoms with van der Waals surface area (Å²) in [4.78, 5) is 2.03. The molecule has 1 heterocycles. The van der Waals surface area contributed by atoms with Crippen molar-refractivity contribution in [2.24, 2.45) is 0 Å².